The maximum absolute atomic E-state index is 5.43. The second kappa shape index (κ2) is 4.31. The summed E-state index contributed by atoms with van der Waals surface area (Å²) in [5.41, 5.74) is 1.79. The maximum Gasteiger partial charge on any atom is 0.253 e. The summed E-state index contributed by atoms with van der Waals surface area (Å²) in [6.07, 6.45) is 3.34. The molecule has 96 valence electrons. The van der Waals surface area contributed by atoms with Gasteiger partial charge in [-0.2, -0.15) is 9.50 Å². The van der Waals surface area contributed by atoms with Crippen molar-refractivity contribution >= 4 is 5.78 Å². The molecule has 1 aromatic carbocycles. The first-order valence-electron chi connectivity index (χ1n) is 6.23. The second-order valence-corrected chi connectivity index (χ2v) is 4.32. The first-order chi connectivity index (χ1) is 9.92. The highest BCUT2D eigenvalue weighted by atomic mass is 16.3. The van der Waals surface area contributed by atoms with E-state index in [9.17, 15) is 0 Å². The highest BCUT2D eigenvalue weighted by Crippen LogP contribution is 2.21. The molecule has 3 aromatic heterocycles. The molecule has 0 N–H and O–H groups in total. The lowest BCUT2D eigenvalue weighted by Crippen LogP contribution is -1.94. The van der Waals surface area contributed by atoms with E-state index in [-0.39, 0.29) is 0 Å². The summed E-state index contributed by atoms with van der Waals surface area (Å²) in [5.74, 6) is 1.94. The molecule has 5 nitrogen and oxygen atoms in total. The summed E-state index contributed by atoms with van der Waals surface area (Å²) < 4.78 is 7.12. The number of nitrogens with zero attached hydrogens (tertiary/aromatic N) is 4. The fraction of sp³-hybridized carbons (Fsp3) is 0. The van der Waals surface area contributed by atoms with Crippen molar-refractivity contribution < 1.29 is 4.42 Å². The number of hydrogen-bond acceptors (Lipinski definition) is 4. The lowest BCUT2D eigenvalue weighted by atomic mass is 10.2. The van der Waals surface area contributed by atoms with Crippen LogP contribution in [0.2, 0.25) is 0 Å². The minimum Gasteiger partial charge on any atom is -0.463 e. The summed E-state index contributed by atoms with van der Waals surface area (Å²) in [6.45, 7) is 0. The van der Waals surface area contributed by atoms with Crippen molar-refractivity contribution in [1.29, 1.82) is 0 Å². The van der Waals surface area contributed by atoms with Crippen LogP contribution < -0.4 is 0 Å². The van der Waals surface area contributed by atoms with Crippen LogP contribution in [0.4, 0.5) is 0 Å². The van der Waals surface area contributed by atoms with Crippen LogP contribution in [0, 0.1) is 0 Å². The Labute approximate surface area is 114 Å². The van der Waals surface area contributed by atoms with Gasteiger partial charge in [0.2, 0.25) is 0 Å². The summed E-state index contributed by atoms with van der Waals surface area (Å²) >= 11 is 0. The monoisotopic (exact) mass is 262 g/mol. The zero-order chi connectivity index (χ0) is 13.4. The SMILES string of the molecule is c1ccc(-c2nc3nccc(-c4ccco4)n3n2)cc1. The molecule has 0 saturated carbocycles. The number of benzene rings is 1. The highest BCUT2D eigenvalue weighted by Gasteiger charge is 2.12. The molecule has 0 aliphatic rings. The van der Waals surface area contributed by atoms with Crippen molar-refractivity contribution in [1.82, 2.24) is 19.6 Å². The molecule has 0 unspecified atom stereocenters. The number of hydrogen-bond donors (Lipinski definition) is 0. The molecule has 5 heteroatoms. The zero-order valence-electron chi connectivity index (χ0n) is 10.5. The van der Waals surface area contributed by atoms with Gasteiger partial charge in [0, 0.05) is 11.8 Å². The molecule has 0 fully saturated rings. The van der Waals surface area contributed by atoms with Crippen LogP contribution in [0.5, 0.6) is 0 Å². The third kappa shape index (κ3) is 1.68. The molecule has 20 heavy (non-hydrogen) atoms. The average Bonchev–Trinajstić information content (AvgIpc) is 3.17. The lowest BCUT2D eigenvalue weighted by Gasteiger charge is -1.98. The predicted molar refractivity (Wildman–Crippen MR) is 73.9 cm³/mol. The molecule has 0 bridgehead atoms. The zero-order valence-corrected chi connectivity index (χ0v) is 10.5. The molecular weight excluding hydrogens is 252 g/mol. The number of furan rings is 1. The third-order valence-electron chi connectivity index (χ3n) is 3.05. The molecule has 0 atom stereocenters. The Kier molecular flexibility index (Phi) is 2.35. The maximum atomic E-state index is 5.43. The summed E-state index contributed by atoms with van der Waals surface area (Å²) in [4.78, 5) is 8.70. The summed E-state index contributed by atoms with van der Waals surface area (Å²) in [6, 6.07) is 15.4. The van der Waals surface area contributed by atoms with Gasteiger partial charge in [-0.1, -0.05) is 30.3 Å². The average molecular weight is 262 g/mol. The van der Waals surface area contributed by atoms with Gasteiger partial charge in [-0.25, -0.2) is 4.98 Å². The molecule has 0 aliphatic heterocycles. The minimum atomic E-state index is 0.553. The van der Waals surface area contributed by atoms with E-state index in [4.69, 9.17) is 4.42 Å². The first-order valence-corrected chi connectivity index (χ1v) is 6.23. The van der Waals surface area contributed by atoms with Crippen LogP contribution in [0.25, 0.3) is 28.6 Å². The van der Waals surface area contributed by atoms with E-state index < -0.39 is 0 Å². The summed E-state index contributed by atoms with van der Waals surface area (Å²) in [5, 5.41) is 4.52. The Morgan fingerprint density at radius 1 is 0.950 bits per heavy atom. The van der Waals surface area contributed by atoms with Gasteiger partial charge in [-0.3, -0.25) is 0 Å². The number of rotatable bonds is 2. The van der Waals surface area contributed by atoms with Gasteiger partial charge in [-0.15, -0.1) is 5.10 Å². The highest BCUT2D eigenvalue weighted by molar-refractivity contribution is 5.60. The molecular formula is C15H10N4O. The van der Waals surface area contributed by atoms with E-state index in [1.54, 1.807) is 17.0 Å². The predicted octanol–water partition coefficient (Wildman–Crippen LogP) is 3.05. The molecule has 0 radical (unpaired) electrons. The molecule has 4 rings (SSSR count). The van der Waals surface area contributed by atoms with Crippen LogP contribution in [-0.4, -0.2) is 19.6 Å². The topological polar surface area (TPSA) is 56.2 Å². The normalized spacial score (nSPS) is 11.0. The Hall–Kier alpha value is -2.95. The van der Waals surface area contributed by atoms with Crippen molar-refractivity contribution in [3.63, 3.8) is 0 Å². The van der Waals surface area contributed by atoms with Crippen molar-refractivity contribution in [3.8, 4) is 22.8 Å². The quantitative estimate of drug-likeness (QED) is 0.557. The fourth-order valence-electron chi connectivity index (χ4n) is 2.11. The van der Waals surface area contributed by atoms with Gasteiger partial charge >= 0.3 is 0 Å². The molecule has 0 spiro atoms. The molecule has 3 heterocycles. The van der Waals surface area contributed by atoms with Crippen LogP contribution >= 0.6 is 0 Å². The van der Waals surface area contributed by atoms with Gasteiger partial charge in [-0.05, 0) is 18.2 Å². The van der Waals surface area contributed by atoms with E-state index in [1.165, 1.54) is 0 Å². The fourth-order valence-corrected chi connectivity index (χ4v) is 2.11. The molecule has 4 aromatic rings. The number of aromatic nitrogens is 4. The van der Waals surface area contributed by atoms with Gasteiger partial charge in [0.05, 0.1) is 6.26 Å². The summed E-state index contributed by atoms with van der Waals surface area (Å²) in [7, 11) is 0. The van der Waals surface area contributed by atoms with E-state index in [2.05, 4.69) is 15.1 Å². The van der Waals surface area contributed by atoms with Gasteiger partial charge in [0.1, 0.15) is 5.69 Å². The van der Waals surface area contributed by atoms with Crippen molar-refractivity contribution in [2.75, 3.05) is 0 Å². The van der Waals surface area contributed by atoms with Crippen LogP contribution in [0.3, 0.4) is 0 Å². The van der Waals surface area contributed by atoms with Crippen molar-refractivity contribution in [2.24, 2.45) is 0 Å². The lowest BCUT2D eigenvalue weighted by molar-refractivity contribution is 0.577. The third-order valence-corrected chi connectivity index (χ3v) is 3.05. The smallest absolute Gasteiger partial charge is 0.253 e. The van der Waals surface area contributed by atoms with E-state index in [0.29, 0.717) is 11.6 Å². The van der Waals surface area contributed by atoms with Crippen LogP contribution in [0.15, 0.2) is 65.4 Å². The minimum absolute atomic E-state index is 0.553. The molecule has 0 saturated heterocycles. The van der Waals surface area contributed by atoms with E-state index in [0.717, 1.165) is 17.0 Å². The van der Waals surface area contributed by atoms with Crippen LogP contribution in [-0.2, 0) is 0 Å². The molecule has 0 aliphatic carbocycles. The Morgan fingerprint density at radius 2 is 1.85 bits per heavy atom. The Bertz CT molecular complexity index is 850. The van der Waals surface area contributed by atoms with Gasteiger partial charge in [0.25, 0.3) is 5.78 Å². The van der Waals surface area contributed by atoms with Crippen molar-refractivity contribution in [2.45, 2.75) is 0 Å². The van der Waals surface area contributed by atoms with Crippen molar-refractivity contribution in [3.05, 3.63) is 61.0 Å². The standard InChI is InChI=1S/C15H10N4O/c1-2-5-11(6-3-1)14-17-15-16-9-8-12(19(15)18-14)13-7-4-10-20-13/h1-10H. The van der Waals surface area contributed by atoms with E-state index in [1.807, 2.05) is 48.5 Å². The van der Waals surface area contributed by atoms with E-state index >= 15 is 0 Å². The van der Waals surface area contributed by atoms with Gasteiger partial charge in [0.15, 0.2) is 11.6 Å². The van der Waals surface area contributed by atoms with Crippen LogP contribution in [0.1, 0.15) is 0 Å². The Morgan fingerprint density at radius 3 is 2.65 bits per heavy atom. The Balaban J connectivity index is 1.94. The molecule has 0 amide bonds. The van der Waals surface area contributed by atoms with Gasteiger partial charge < -0.3 is 4.42 Å². The first kappa shape index (κ1) is 10.9. The second-order valence-electron chi connectivity index (χ2n) is 4.32. The number of fused-ring (bicyclic) bond motifs is 1. The largest absolute Gasteiger partial charge is 0.463 e.